The molecule has 0 bridgehead atoms. The van der Waals surface area contributed by atoms with Crippen molar-refractivity contribution in [2.75, 3.05) is 0 Å². The van der Waals surface area contributed by atoms with Gasteiger partial charge in [-0.25, -0.2) is 0 Å². The van der Waals surface area contributed by atoms with Crippen LogP contribution in [0.3, 0.4) is 0 Å². The summed E-state index contributed by atoms with van der Waals surface area (Å²) in [5.41, 5.74) is -10.0. The van der Waals surface area contributed by atoms with Crippen molar-refractivity contribution in [2.24, 2.45) is 0 Å². The minimum Gasteiger partial charge on any atom is -0.376 e. The minimum absolute atomic E-state index is 0.400. The lowest BCUT2D eigenvalue weighted by atomic mass is 9.88. The molecule has 0 aliphatic carbocycles. The maximum atomic E-state index is 12.5. The first kappa shape index (κ1) is 26.3. The summed E-state index contributed by atoms with van der Waals surface area (Å²) in [5, 5.41) is 0. The van der Waals surface area contributed by atoms with Gasteiger partial charge in [0.15, 0.2) is 0 Å². The second kappa shape index (κ2) is 9.37. The van der Waals surface area contributed by atoms with Crippen LogP contribution in [0.4, 0.5) is 26.3 Å². The Hall–Kier alpha value is -3.33. The van der Waals surface area contributed by atoms with Crippen molar-refractivity contribution >= 4 is 20.2 Å². The van der Waals surface area contributed by atoms with Crippen molar-refractivity contribution in [2.45, 2.75) is 16.9 Å². The van der Waals surface area contributed by atoms with Gasteiger partial charge < -0.3 is 8.37 Å². The Morgan fingerprint density at radius 1 is 0.629 bits per heavy atom. The summed E-state index contributed by atoms with van der Waals surface area (Å²) in [6, 6.07) is 13.9. The van der Waals surface area contributed by atoms with Crippen LogP contribution in [-0.4, -0.2) is 32.8 Å². The quantitative estimate of drug-likeness (QED) is 0.243. The molecule has 0 amide bonds. The average Bonchev–Trinajstić information content (AvgIpc) is 2.75. The number of rotatable bonds is 7. The van der Waals surface area contributed by atoms with E-state index in [0.717, 1.165) is 24.3 Å². The summed E-state index contributed by atoms with van der Waals surface area (Å²) in [6.45, 7) is 0. The standard InChI is InChI=1S/C20H13F6NO6S2/c21-19(22,23)34(28,29)32-15-8-4-13(5-9-15)18(17-3-1-2-12-27-17)14-6-10-16(11-7-14)33-35(30,31)20(24,25)26/h1-12,18H. The Bertz CT molecular complexity index is 1280. The van der Waals surface area contributed by atoms with E-state index >= 15 is 0 Å². The molecule has 1 aromatic heterocycles. The molecule has 0 aliphatic rings. The summed E-state index contributed by atoms with van der Waals surface area (Å²) in [4.78, 5) is 4.21. The third-order valence-corrected chi connectivity index (χ3v) is 6.35. The number of hydrogen-bond donors (Lipinski definition) is 0. The van der Waals surface area contributed by atoms with E-state index in [1.165, 1.54) is 30.5 Å². The molecule has 3 rings (SSSR count). The maximum Gasteiger partial charge on any atom is 0.534 e. The molecule has 1 heterocycles. The number of pyridine rings is 1. The van der Waals surface area contributed by atoms with Crippen LogP contribution in [0.15, 0.2) is 72.9 Å². The molecule has 0 radical (unpaired) electrons. The molecule has 15 heteroatoms. The number of nitrogens with zero attached hydrogens (tertiary/aromatic N) is 1. The first-order valence-electron chi connectivity index (χ1n) is 9.23. The normalized spacial score (nSPS) is 13.0. The Kier molecular flexibility index (Phi) is 7.04. The number of aromatic nitrogens is 1. The van der Waals surface area contributed by atoms with Crippen molar-refractivity contribution in [3.63, 3.8) is 0 Å². The van der Waals surface area contributed by atoms with Gasteiger partial charge in [0, 0.05) is 6.20 Å². The first-order valence-corrected chi connectivity index (χ1v) is 12.0. The van der Waals surface area contributed by atoms with Gasteiger partial charge in [0.2, 0.25) is 0 Å². The summed E-state index contributed by atoms with van der Waals surface area (Å²) in [5.74, 6) is -1.93. The minimum atomic E-state index is -5.87. The van der Waals surface area contributed by atoms with Crippen LogP contribution in [0.25, 0.3) is 0 Å². The summed E-state index contributed by atoms with van der Waals surface area (Å²) < 4.78 is 128. The third-order valence-electron chi connectivity index (χ3n) is 4.39. The molecule has 0 unspecified atom stereocenters. The van der Waals surface area contributed by atoms with Gasteiger partial charge in [0.05, 0.1) is 11.6 Å². The highest BCUT2D eigenvalue weighted by atomic mass is 32.2. The highest BCUT2D eigenvalue weighted by Gasteiger charge is 2.49. The molecule has 35 heavy (non-hydrogen) atoms. The number of hydrogen-bond acceptors (Lipinski definition) is 7. The predicted octanol–water partition coefficient (Wildman–Crippen LogP) is 4.72. The maximum absolute atomic E-state index is 12.5. The molecule has 0 atom stereocenters. The van der Waals surface area contributed by atoms with Crippen LogP contribution in [0.5, 0.6) is 11.5 Å². The van der Waals surface area contributed by atoms with Gasteiger partial charge in [-0.1, -0.05) is 30.3 Å². The highest BCUT2D eigenvalue weighted by molar-refractivity contribution is 7.88. The Morgan fingerprint density at radius 2 is 1.03 bits per heavy atom. The van der Waals surface area contributed by atoms with E-state index in [2.05, 4.69) is 13.4 Å². The molecule has 0 N–H and O–H groups in total. The first-order chi connectivity index (χ1) is 16.1. The third kappa shape index (κ3) is 6.03. The van der Waals surface area contributed by atoms with Crippen molar-refractivity contribution in [1.82, 2.24) is 4.98 Å². The molecule has 3 aromatic rings. The van der Waals surface area contributed by atoms with E-state index in [9.17, 15) is 43.2 Å². The number of halogens is 6. The largest absolute Gasteiger partial charge is 0.534 e. The molecular formula is C20H13F6NO6S2. The SMILES string of the molecule is O=S(=O)(Oc1ccc(C(c2ccc(OS(=O)(=O)C(F)(F)F)cc2)c2ccccn2)cc1)C(F)(F)F. The Labute approximate surface area is 195 Å². The van der Waals surface area contributed by atoms with E-state index in [4.69, 9.17) is 0 Å². The van der Waals surface area contributed by atoms with Crippen LogP contribution >= 0.6 is 0 Å². The summed E-state index contributed by atoms with van der Waals surface area (Å²) in [6.07, 6.45) is 1.45. The number of alkyl halides is 6. The van der Waals surface area contributed by atoms with Crippen molar-refractivity contribution in [3.8, 4) is 11.5 Å². The van der Waals surface area contributed by atoms with Crippen molar-refractivity contribution < 1.29 is 51.5 Å². The fourth-order valence-corrected chi connectivity index (χ4v) is 3.78. The lowest BCUT2D eigenvalue weighted by Crippen LogP contribution is -2.28. The van der Waals surface area contributed by atoms with E-state index in [0.29, 0.717) is 16.8 Å². The highest BCUT2D eigenvalue weighted by Crippen LogP contribution is 2.34. The molecular weight excluding hydrogens is 528 g/mol. The summed E-state index contributed by atoms with van der Waals surface area (Å²) in [7, 11) is -11.7. The van der Waals surface area contributed by atoms with Crippen molar-refractivity contribution in [3.05, 3.63) is 89.7 Å². The van der Waals surface area contributed by atoms with E-state index in [-0.39, 0.29) is 0 Å². The zero-order valence-corrected chi connectivity index (χ0v) is 18.6. The van der Waals surface area contributed by atoms with E-state index < -0.39 is 48.7 Å². The molecule has 0 aliphatic heterocycles. The fourth-order valence-electron chi connectivity index (χ4n) is 2.86. The molecule has 0 saturated carbocycles. The van der Waals surface area contributed by atoms with Crippen LogP contribution in [0.1, 0.15) is 22.7 Å². The van der Waals surface area contributed by atoms with Gasteiger partial charge in [0.25, 0.3) is 0 Å². The molecule has 0 fully saturated rings. The molecule has 188 valence electrons. The predicted molar refractivity (Wildman–Crippen MR) is 109 cm³/mol. The van der Waals surface area contributed by atoms with Crippen LogP contribution in [-0.2, 0) is 20.2 Å². The lowest BCUT2D eigenvalue weighted by molar-refractivity contribution is -0.0504. The number of benzene rings is 2. The topological polar surface area (TPSA) is 99.6 Å². The van der Waals surface area contributed by atoms with Crippen LogP contribution < -0.4 is 8.37 Å². The smallest absolute Gasteiger partial charge is 0.376 e. The van der Waals surface area contributed by atoms with Crippen LogP contribution in [0.2, 0.25) is 0 Å². The second-order valence-corrected chi connectivity index (χ2v) is 9.87. The van der Waals surface area contributed by atoms with Gasteiger partial charge in [0.1, 0.15) is 11.5 Å². The Balaban J connectivity index is 1.94. The van der Waals surface area contributed by atoms with Gasteiger partial charge in [-0.3, -0.25) is 4.98 Å². The molecule has 0 saturated heterocycles. The molecule has 7 nitrogen and oxygen atoms in total. The molecule has 0 spiro atoms. The van der Waals surface area contributed by atoms with E-state index in [1.54, 1.807) is 18.2 Å². The van der Waals surface area contributed by atoms with E-state index in [1.807, 2.05) is 0 Å². The lowest BCUT2D eigenvalue weighted by Gasteiger charge is -2.19. The van der Waals surface area contributed by atoms with Gasteiger partial charge in [-0.15, -0.1) is 0 Å². The summed E-state index contributed by atoms with van der Waals surface area (Å²) >= 11 is 0. The zero-order chi connectivity index (χ0) is 26.1. The van der Waals surface area contributed by atoms with Crippen LogP contribution in [0, 0.1) is 0 Å². The van der Waals surface area contributed by atoms with Crippen molar-refractivity contribution in [1.29, 1.82) is 0 Å². The Morgan fingerprint density at radius 3 is 1.34 bits per heavy atom. The van der Waals surface area contributed by atoms with Gasteiger partial charge >= 0.3 is 31.3 Å². The molecule has 2 aromatic carbocycles. The zero-order valence-electron chi connectivity index (χ0n) is 17.0. The second-order valence-electron chi connectivity index (χ2n) is 6.79. The monoisotopic (exact) mass is 541 g/mol. The fraction of sp³-hybridized carbons (Fsp3) is 0.150. The average molecular weight is 541 g/mol. The van der Waals surface area contributed by atoms with Gasteiger partial charge in [-0.05, 0) is 47.5 Å². The van der Waals surface area contributed by atoms with Gasteiger partial charge in [-0.2, -0.15) is 43.2 Å².